The van der Waals surface area contributed by atoms with Crippen molar-refractivity contribution in [2.45, 2.75) is 31.8 Å². The highest BCUT2D eigenvalue weighted by Crippen LogP contribution is 2.43. The minimum atomic E-state index is -1.01. The Hall–Kier alpha value is -3.31. The quantitative estimate of drug-likeness (QED) is 0.581. The molecule has 0 aromatic heterocycles. The molecule has 158 valence electrons. The SMILES string of the molecule is O=C(O)CCC(=O)[N+]1(Cc2ccccc2F)CCc2ccccc2C1c1ccccc1. The predicted octanol–water partition coefficient (Wildman–Crippen LogP) is 4.88. The van der Waals surface area contributed by atoms with Crippen molar-refractivity contribution in [1.82, 2.24) is 0 Å². The van der Waals surface area contributed by atoms with Gasteiger partial charge in [-0.3, -0.25) is 4.79 Å². The monoisotopic (exact) mass is 418 g/mol. The van der Waals surface area contributed by atoms with Crippen LogP contribution >= 0.6 is 0 Å². The van der Waals surface area contributed by atoms with Crippen LogP contribution in [0.5, 0.6) is 0 Å². The second kappa shape index (κ2) is 8.82. The highest BCUT2D eigenvalue weighted by atomic mass is 19.1. The Morgan fingerprint density at radius 1 is 0.903 bits per heavy atom. The number of nitrogens with zero attached hydrogens (tertiary/aromatic N) is 1. The van der Waals surface area contributed by atoms with Gasteiger partial charge in [-0.25, -0.2) is 13.7 Å². The first-order chi connectivity index (χ1) is 15.0. The third-order valence-corrected chi connectivity index (χ3v) is 6.20. The number of carboxylic acid groups (broad SMARTS) is 1. The number of halogens is 1. The Labute approximate surface area is 181 Å². The zero-order valence-electron chi connectivity index (χ0n) is 17.2. The summed E-state index contributed by atoms with van der Waals surface area (Å²) in [5.41, 5.74) is 3.64. The first-order valence-corrected chi connectivity index (χ1v) is 10.5. The first kappa shape index (κ1) is 20.9. The molecule has 4 rings (SSSR count). The van der Waals surface area contributed by atoms with Crippen molar-refractivity contribution < 1.29 is 23.6 Å². The lowest BCUT2D eigenvalue weighted by atomic mass is 9.84. The zero-order chi connectivity index (χ0) is 21.8. The van der Waals surface area contributed by atoms with Crippen LogP contribution in [0.4, 0.5) is 4.39 Å². The molecule has 1 aliphatic heterocycles. The molecule has 1 amide bonds. The van der Waals surface area contributed by atoms with Crippen LogP contribution in [0.2, 0.25) is 0 Å². The second-order valence-corrected chi connectivity index (χ2v) is 8.06. The summed E-state index contributed by atoms with van der Waals surface area (Å²) in [6.07, 6.45) is 0.349. The molecule has 0 aliphatic carbocycles. The molecule has 1 heterocycles. The van der Waals surface area contributed by atoms with Crippen LogP contribution in [0.15, 0.2) is 78.9 Å². The van der Waals surface area contributed by atoms with Crippen LogP contribution in [0.25, 0.3) is 0 Å². The fourth-order valence-electron chi connectivity index (χ4n) is 4.74. The summed E-state index contributed by atoms with van der Waals surface area (Å²) in [7, 11) is 0. The third kappa shape index (κ3) is 4.14. The highest BCUT2D eigenvalue weighted by Gasteiger charge is 2.49. The van der Waals surface area contributed by atoms with Gasteiger partial charge in [0.25, 0.3) is 0 Å². The number of amides is 1. The van der Waals surface area contributed by atoms with Crippen LogP contribution < -0.4 is 0 Å². The molecule has 0 fully saturated rings. The molecule has 2 atom stereocenters. The molecule has 4 nitrogen and oxygen atoms in total. The Balaban J connectivity index is 1.89. The van der Waals surface area contributed by atoms with E-state index in [9.17, 15) is 19.1 Å². The molecule has 3 aromatic rings. The number of carboxylic acids is 1. The van der Waals surface area contributed by atoms with E-state index >= 15 is 0 Å². The van der Waals surface area contributed by atoms with Crippen LogP contribution in [0, 0.1) is 5.82 Å². The molecular weight excluding hydrogens is 393 g/mol. The summed E-state index contributed by atoms with van der Waals surface area (Å²) in [6.45, 7) is 0.669. The van der Waals surface area contributed by atoms with Crippen LogP contribution in [-0.4, -0.2) is 28.0 Å². The van der Waals surface area contributed by atoms with Crippen LogP contribution in [-0.2, 0) is 22.6 Å². The lowest BCUT2D eigenvalue weighted by Crippen LogP contribution is -2.58. The summed E-state index contributed by atoms with van der Waals surface area (Å²) < 4.78 is 14.7. The van der Waals surface area contributed by atoms with Gasteiger partial charge in [-0.1, -0.05) is 72.8 Å². The predicted molar refractivity (Wildman–Crippen MR) is 116 cm³/mol. The molecule has 2 unspecified atom stereocenters. The van der Waals surface area contributed by atoms with Gasteiger partial charge in [-0.15, -0.1) is 0 Å². The van der Waals surface area contributed by atoms with Gasteiger partial charge in [0.2, 0.25) is 0 Å². The minimum absolute atomic E-state index is 0.0186. The minimum Gasteiger partial charge on any atom is -0.481 e. The molecule has 0 saturated heterocycles. The molecule has 5 heteroatoms. The average molecular weight is 418 g/mol. The molecule has 3 aromatic carbocycles. The molecule has 0 spiro atoms. The second-order valence-electron chi connectivity index (χ2n) is 8.06. The van der Waals surface area contributed by atoms with E-state index in [1.165, 1.54) is 11.6 Å². The number of hydrogen-bond acceptors (Lipinski definition) is 2. The topological polar surface area (TPSA) is 54.4 Å². The van der Waals surface area contributed by atoms with Gasteiger partial charge in [0, 0.05) is 23.1 Å². The number of hydrogen-bond donors (Lipinski definition) is 1. The fraction of sp³-hybridized carbons (Fsp3) is 0.231. The maximum Gasteiger partial charge on any atom is 0.315 e. The van der Waals surface area contributed by atoms with Crippen molar-refractivity contribution in [3.63, 3.8) is 0 Å². The maximum absolute atomic E-state index is 14.7. The Bertz CT molecular complexity index is 1100. The normalized spacial score (nSPS) is 20.1. The van der Waals surface area contributed by atoms with E-state index in [-0.39, 0.29) is 41.6 Å². The summed E-state index contributed by atoms with van der Waals surface area (Å²) in [5.74, 6) is -1.53. The summed E-state index contributed by atoms with van der Waals surface area (Å²) in [5, 5.41) is 9.20. The number of rotatable bonds is 6. The lowest BCUT2D eigenvalue weighted by molar-refractivity contribution is -0.895. The Kier molecular flexibility index (Phi) is 5.96. The van der Waals surface area contributed by atoms with Crippen molar-refractivity contribution in [2.24, 2.45) is 0 Å². The van der Waals surface area contributed by atoms with E-state index in [0.717, 1.165) is 11.1 Å². The summed E-state index contributed by atoms with van der Waals surface area (Å²) in [6, 6.07) is 24.0. The van der Waals surface area contributed by atoms with Gasteiger partial charge < -0.3 is 5.11 Å². The molecule has 1 N–H and O–H groups in total. The van der Waals surface area contributed by atoms with Crippen molar-refractivity contribution in [2.75, 3.05) is 6.54 Å². The Morgan fingerprint density at radius 3 is 2.32 bits per heavy atom. The van der Waals surface area contributed by atoms with Crippen molar-refractivity contribution in [3.8, 4) is 0 Å². The largest absolute Gasteiger partial charge is 0.481 e. The summed E-state index contributed by atoms with van der Waals surface area (Å²) >= 11 is 0. The molecule has 0 bridgehead atoms. The molecule has 0 radical (unpaired) electrons. The van der Waals surface area contributed by atoms with E-state index in [1.54, 1.807) is 18.2 Å². The Morgan fingerprint density at radius 2 is 1.58 bits per heavy atom. The van der Waals surface area contributed by atoms with E-state index in [0.29, 0.717) is 18.5 Å². The number of carbonyl (C=O) groups is 2. The molecule has 31 heavy (non-hydrogen) atoms. The fourth-order valence-corrected chi connectivity index (χ4v) is 4.74. The van der Waals surface area contributed by atoms with Gasteiger partial charge in [0.1, 0.15) is 18.4 Å². The third-order valence-electron chi connectivity index (χ3n) is 6.20. The van der Waals surface area contributed by atoms with Gasteiger partial charge in [0.15, 0.2) is 0 Å². The first-order valence-electron chi connectivity index (χ1n) is 10.5. The molecular formula is C26H25FNO3+. The molecule has 0 saturated carbocycles. The summed E-state index contributed by atoms with van der Waals surface area (Å²) in [4.78, 5) is 25.0. The number of carbonyl (C=O) groups excluding carboxylic acids is 1. The molecule has 1 aliphatic rings. The average Bonchev–Trinajstić information content (AvgIpc) is 2.79. The van der Waals surface area contributed by atoms with E-state index in [4.69, 9.17) is 0 Å². The number of benzene rings is 3. The number of aliphatic carboxylic acids is 1. The zero-order valence-corrected chi connectivity index (χ0v) is 17.2. The van der Waals surface area contributed by atoms with Crippen molar-refractivity contribution in [1.29, 1.82) is 0 Å². The van der Waals surface area contributed by atoms with Gasteiger partial charge in [-0.2, -0.15) is 0 Å². The van der Waals surface area contributed by atoms with Crippen molar-refractivity contribution >= 4 is 11.9 Å². The van der Waals surface area contributed by atoms with E-state index in [1.807, 2.05) is 48.5 Å². The van der Waals surface area contributed by atoms with Crippen molar-refractivity contribution in [3.05, 3.63) is 107 Å². The van der Waals surface area contributed by atoms with E-state index in [2.05, 4.69) is 6.07 Å². The standard InChI is InChI=1S/C26H24FNO3/c27-23-13-7-5-11-21(23)18-28(24(29)14-15-25(30)31)17-16-19-8-4-6-12-22(19)26(28)20-9-2-1-3-10-20/h1-13,26H,14-18H2/p+1. The van der Waals surface area contributed by atoms with Gasteiger partial charge in [-0.05, 0) is 11.6 Å². The lowest BCUT2D eigenvalue weighted by Gasteiger charge is -2.46. The van der Waals surface area contributed by atoms with E-state index < -0.39 is 5.97 Å². The maximum atomic E-state index is 14.7. The van der Waals surface area contributed by atoms with Crippen LogP contribution in [0.3, 0.4) is 0 Å². The highest BCUT2D eigenvalue weighted by molar-refractivity contribution is 5.77. The van der Waals surface area contributed by atoms with Crippen LogP contribution in [0.1, 0.15) is 41.1 Å². The number of fused-ring (bicyclic) bond motifs is 1. The smallest absolute Gasteiger partial charge is 0.315 e. The number of quaternary nitrogens is 1. The van der Waals surface area contributed by atoms with Gasteiger partial charge in [0.05, 0.1) is 19.4 Å². The van der Waals surface area contributed by atoms with Gasteiger partial charge >= 0.3 is 11.9 Å².